The number of para-hydroxylation sites is 1. The maximum absolute atomic E-state index is 12.8. The van der Waals surface area contributed by atoms with Gasteiger partial charge in [0.15, 0.2) is 5.78 Å². The molecule has 1 aromatic carbocycles. The van der Waals surface area contributed by atoms with Crippen molar-refractivity contribution in [1.82, 2.24) is 20.3 Å². The van der Waals surface area contributed by atoms with Crippen LogP contribution in [0, 0.1) is 13.8 Å². The largest absolute Gasteiger partial charge is 0.362 e. The molecule has 0 aliphatic heterocycles. The van der Waals surface area contributed by atoms with Crippen LogP contribution in [-0.4, -0.2) is 52.8 Å². The third kappa shape index (κ3) is 4.69. The van der Waals surface area contributed by atoms with Crippen molar-refractivity contribution in [3.63, 3.8) is 0 Å². The second kappa shape index (κ2) is 9.21. The predicted molar refractivity (Wildman–Crippen MR) is 131 cm³/mol. The van der Waals surface area contributed by atoms with Gasteiger partial charge in [-0.15, -0.1) is 0 Å². The molecular weight excluding hydrogens is 416 g/mol. The number of anilines is 2. The van der Waals surface area contributed by atoms with E-state index in [2.05, 4.69) is 15.6 Å². The van der Waals surface area contributed by atoms with Crippen molar-refractivity contribution in [3.05, 3.63) is 46.8 Å². The fourth-order valence-corrected chi connectivity index (χ4v) is 4.79. The molecule has 0 atom stereocenters. The van der Waals surface area contributed by atoms with Gasteiger partial charge in [-0.05, 0) is 64.2 Å². The van der Waals surface area contributed by atoms with E-state index in [1.54, 1.807) is 0 Å². The number of carbonyl (C=O) groups is 2. The Morgan fingerprint density at radius 1 is 1.03 bits per heavy atom. The molecular formula is C25H32N6O2. The zero-order valence-electron chi connectivity index (χ0n) is 20.0. The van der Waals surface area contributed by atoms with E-state index in [4.69, 9.17) is 9.97 Å². The molecule has 0 bridgehead atoms. The van der Waals surface area contributed by atoms with Crippen molar-refractivity contribution in [2.45, 2.75) is 58.5 Å². The Labute approximate surface area is 194 Å². The standard InChI is InChI=1S/C25H32N6O2/c1-14-21(16(3)32)15(2)26-22(14)24(33)27-17-10-12-18(13-11-17)28-25-29-20-9-7-6-8-19(20)23(30-25)31(4)5/h6-9,17-18,26H,10-13H2,1-5H3,(H,27,33)(H,28,29,30). The van der Waals surface area contributed by atoms with Gasteiger partial charge in [0, 0.05) is 42.8 Å². The number of carbonyl (C=O) groups excluding carboxylic acids is 2. The zero-order valence-corrected chi connectivity index (χ0v) is 20.0. The number of aromatic nitrogens is 3. The Bertz CT molecular complexity index is 1190. The maximum Gasteiger partial charge on any atom is 0.268 e. The zero-order chi connectivity index (χ0) is 23.7. The topological polar surface area (TPSA) is 103 Å². The summed E-state index contributed by atoms with van der Waals surface area (Å²) in [6.07, 6.45) is 3.57. The fourth-order valence-electron chi connectivity index (χ4n) is 4.79. The lowest BCUT2D eigenvalue weighted by Crippen LogP contribution is -2.40. The molecule has 8 nitrogen and oxygen atoms in total. The molecule has 3 N–H and O–H groups in total. The van der Waals surface area contributed by atoms with Gasteiger partial charge in [-0.25, -0.2) is 4.98 Å². The van der Waals surface area contributed by atoms with Crippen molar-refractivity contribution in [2.75, 3.05) is 24.3 Å². The van der Waals surface area contributed by atoms with Crippen LogP contribution in [0.4, 0.5) is 11.8 Å². The van der Waals surface area contributed by atoms with E-state index in [1.165, 1.54) is 6.92 Å². The molecule has 2 aromatic heterocycles. The van der Waals surface area contributed by atoms with Gasteiger partial charge in [-0.3, -0.25) is 9.59 Å². The van der Waals surface area contributed by atoms with E-state index in [0.717, 1.165) is 53.7 Å². The minimum Gasteiger partial charge on any atom is -0.362 e. The molecule has 0 unspecified atom stereocenters. The van der Waals surface area contributed by atoms with Gasteiger partial charge in [0.25, 0.3) is 5.91 Å². The highest BCUT2D eigenvalue weighted by molar-refractivity contribution is 6.02. The normalized spacial score (nSPS) is 18.2. The van der Waals surface area contributed by atoms with Gasteiger partial charge < -0.3 is 20.5 Å². The summed E-state index contributed by atoms with van der Waals surface area (Å²) < 4.78 is 0. The number of hydrogen-bond acceptors (Lipinski definition) is 6. The average Bonchev–Trinajstić information content (AvgIpc) is 3.08. The van der Waals surface area contributed by atoms with Gasteiger partial charge >= 0.3 is 0 Å². The summed E-state index contributed by atoms with van der Waals surface area (Å²) in [5.74, 6) is 1.36. The van der Waals surface area contributed by atoms with Crippen molar-refractivity contribution in [2.24, 2.45) is 0 Å². The number of nitrogens with one attached hydrogen (secondary N) is 3. The first kappa shape index (κ1) is 22.8. The third-order valence-electron chi connectivity index (χ3n) is 6.42. The first-order valence-corrected chi connectivity index (χ1v) is 11.5. The number of amides is 1. The summed E-state index contributed by atoms with van der Waals surface area (Å²) in [4.78, 5) is 39.2. The fraction of sp³-hybridized carbons (Fsp3) is 0.440. The molecule has 4 rings (SSSR count). The quantitative estimate of drug-likeness (QED) is 0.493. The Hall–Kier alpha value is -3.42. The SMILES string of the molecule is CC(=O)c1c(C)[nH]c(C(=O)NC2CCC(Nc3nc(N(C)C)c4ccccc4n3)CC2)c1C. The highest BCUT2D eigenvalue weighted by Gasteiger charge is 2.26. The Morgan fingerprint density at radius 2 is 1.70 bits per heavy atom. The lowest BCUT2D eigenvalue weighted by atomic mass is 9.91. The minimum atomic E-state index is -0.145. The van der Waals surface area contributed by atoms with Gasteiger partial charge in [0.05, 0.1) is 5.52 Å². The van der Waals surface area contributed by atoms with E-state index in [1.807, 2.05) is 57.1 Å². The van der Waals surface area contributed by atoms with E-state index >= 15 is 0 Å². The van der Waals surface area contributed by atoms with Gasteiger partial charge in [0.1, 0.15) is 11.5 Å². The molecule has 8 heteroatoms. The number of aromatic amines is 1. The lowest BCUT2D eigenvalue weighted by Gasteiger charge is -2.30. The van der Waals surface area contributed by atoms with Crippen LogP contribution in [0.1, 0.15) is 64.7 Å². The highest BCUT2D eigenvalue weighted by atomic mass is 16.2. The molecule has 1 aliphatic rings. The highest BCUT2D eigenvalue weighted by Crippen LogP contribution is 2.27. The first-order chi connectivity index (χ1) is 15.7. The molecule has 0 radical (unpaired) electrons. The molecule has 1 saturated carbocycles. The minimum absolute atomic E-state index is 0.0276. The summed E-state index contributed by atoms with van der Waals surface area (Å²) in [5.41, 5.74) is 3.48. The smallest absolute Gasteiger partial charge is 0.268 e. The number of fused-ring (bicyclic) bond motifs is 1. The van der Waals surface area contributed by atoms with E-state index in [9.17, 15) is 9.59 Å². The molecule has 174 valence electrons. The number of Topliss-reactive ketones (excluding diaryl/α,β-unsaturated/α-hetero) is 1. The van der Waals surface area contributed by atoms with Crippen LogP contribution in [0.25, 0.3) is 10.9 Å². The van der Waals surface area contributed by atoms with Crippen LogP contribution in [0.5, 0.6) is 0 Å². The van der Waals surface area contributed by atoms with Gasteiger partial charge in [-0.2, -0.15) is 4.98 Å². The molecule has 0 saturated heterocycles. The molecule has 33 heavy (non-hydrogen) atoms. The Morgan fingerprint density at radius 3 is 2.33 bits per heavy atom. The van der Waals surface area contributed by atoms with E-state index in [0.29, 0.717) is 17.2 Å². The number of H-pyrrole nitrogens is 1. The molecule has 1 aliphatic carbocycles. The number of rotatable bonds is 6. The summed E-state index contributed by atoms with van der Waals surface area (Å²) in [6, 6.07) is 8.39. The number of hydrogen-bond donors (Lipinski definition) is 3. The number of ketones is 1. The van der Waals surface area contributed by atoms with Crippen molar-refractivity contribution >= 4 is 34.4 Å². The third-order valence-corrected chi connectivity index (χ3v) is 6.42. The molecule has 2 heterocycles. The Balaban J connectivity index is 1.38. The molecule has 1 fully saturated rings. The van der Waals surface area contributed by atoms with Gasteiger partial charge in [0.2, 0.25) is 5.95 Å². The average molecular weight is 449 g/mol. The van der Waals surface area contributed by atoms with Crippen LogP contribution in [0.2, 0.25) is 0 Å². The number of aryl methyl sites for hydroxylation is 1. The van der Waals surface area contributed by atoms with Crippen LogP contribution in [0.3, 0.4) is 0 Å². The maximum atomic E-state index is 12.8. The van der Waals surface area contributed by atoms with Crippen LogP contribution in [0.15, 0.2) is 24.3 Å². The summed E-state index contributed by atoms with van der Waals surface area (Å²) in [7, 11) is 3.97. The van der Waals surface area contributed by atoms with Crippen LogP contribution in [-0.2, 0) is 0 Å². The molecule has 0 spiro atoms. The van der Waals surface area contributed by atoms with Gasteiger partial charge in [-0.1, -0.05) is 12.1 Å². The summed E-state index contributed by atoms with van der Waals surface area (Å²) in [5, 5.41) is 7.67. The summed E-state index contributed by atoms with van der Waals surface area (Å²) >= 11 is 0. The Kier molecular flexibility index (Phi) is 6.35. The van der Waals surface area contributed by atoms with Crippen LogP contribution < -0.4 is 15.5 Å². The summed E-state index contributed by atoms with van der Waals surface area (Å²) in [6.45, 7) is 5.18. The second-order valence-corrected chi connectivity index (χ2v) is 9.13. The van der Waals surface area contributed by atoms with Crippen molar-refractivity contribution in [1.29, 1.82) is 0 Å². The van der Waals surface area contributed by atoms with Crippen molar-refractivity contribution < 1.29 is 9.59 Å². The van der Waals surface area contributed by atoms with E-state index in [-0.39, 0.29) is 23.8 Å². The molecule has 1 amide bonds. The monoisotopic (exact) mass is 448 g/mol. The predicted octanol–water partition coefficient (Wildman–Crippen LogP) is 4.00. The lowest BCUT2D eigenvalue weighted by molar-refractivity contribution is 0.0921. The first-order valence-electron chi connectivity index (χ1n) is 11.5. The number of benzene rings is 1. The van der Waals surface area contributed by atoms with Crippen LogP contribution >= 0.6 is 0 Å². The number of nitrogens with zero attached hydrogens (tertiary/aromatic N) is 3. The van der Waals surface area contributed by atoms with Crippen molar-refractivity contribution in [3.8, 4) is 0 Å². The van der Waals surface area contributed by atoms with E-state index < -0.39 is 0 Å². The second-order valence-electron chi connectivity index (χ2n) is 9.13. The molecule has 3 aromatic rings.